The second kappa shape index (κ2) is 9.48. The van der Waals surface area contributed by atoms with E-state index in [9.17, 15) is 0 Å². The Hall–Kier alpha value is -2.44. The van der Waals surface area contributed by atoms with Gasteiger partial charge in [-0.25, -0.2) is 0 Å². The first-order valence-electron chi connectivity index (χ1n) is 8.47. The molecule has 0 atom stereocenters. The Bertz CT molecular complexity index is 887. The van der Waals surface area contributed by atoms with Crippen molar-refractivity contribution in [2.24, 2.45) is 0 Å². The lowest BCUT2D eigenvalue weighted by Gasteiger charge is -2.26. The summed E-state index contributed by atoms with van der Waals surface area (Å²) >= 11 is 9.24. The summed E-state index contributed by atoms with van der Waals surface area (Å²) in [6.07, 6.45) is 3.64. The van der Waals surface area contributed by atoms with Crippen LogP contribution in [0.3, 0.4) is 0 Å². The van der Waals surface area contributed by atoms with Crippen molar-refractivity contribution in [3.63, 3.8) is 0 Å². The number of hydrogen-bond donors (Lipinski definition) is 1. The van der Waals surface area contributed by atoms with E-state index in [-0.39, 0.29) is 0 Å². The average molecular weight is 442 g/mol. The Morgan fingerprint density at radius 2 is 1.81 bits per heavy atom. The van der Waals surface area contributed by atoms with Gasteiger partial charge in [-0.05, 0) is 65.8 Å². The lowest BCUT2D eigenvalue weighted by molar-refractivity contribution is 0.412. The molecule has 6 heteroatoms. The van der Waals surface area contributed by atoms with Crippen molar-refractivity contribution in [1.82, 2.24) is 9.88 Å². The molecule has 0 saturated heterocycles. The van der Waals surface area contributed by atoms with Crippen molar-refractivity contribution in [2.45, 2.75) is 13.1 Å². The van der Waals surface area contributed by atoms with E-state index in [4.69, 9.17) is 17.0 Å². The molecule has 0 aliphatic rings. The minimum Gasteiger partial charge on any atom is -0.497 e. The molecule has 27 heavy (non-hydrogen) atoms. The first-order chi connectivity index (χ1) is 13.1. The van der Waals surface area contributed by atoms with Gasteiger partial charge in [-0.1, -0.05) is 34.1 Å². The topological polar surface area (TPSA) is 37.4 Å². The molecule has 1 aromatic heterocycles. The summed E-state index contributed by atoms with van der Waals surface area (Å²) in [6.45, 7) is 1.36. The number of aromatic nitrogens is 1. The molecular formula is C21H20BrN3OS. The summed E-state index contributed by atoms with van der Waals surface area (Å²) in [6, 6.07) is 20.0. The second-order valence-corrected chi connectivity index (χ2v) is 7.31. The van der Waals surface area contributed by atoms with Gasteiger partial charge in [0.2, 0.25) is 0 Å². The SMILES string of the molecule is COc1ccc(NC(=S)N(Cc2cccnc2)Cc2cccc(Br)c2)cc1. The fraction of sp³-hybridized carbons (Fsp3) is 0.143. The fourth-order valence-electron chi connectivity index (χ4n) is 2.64. The zero-order valence-electron chi connectivity index (χ0n) is 14.9. The molecule has 0 amide bonds. The molecule has 0 aliphatic heterocycles. The van der Waals surface area contributed by atoms with E-state index < -0.39 is 0 Å². The highest BCUT2D eigenvalue weighted by molar-refractivity contribution is 9.10. The predicted molar refractivity (Wildman–Crippen MR) is 117 cm³/mol. The maximum absolute atomic E-state index is 5.70. The van der Waals surface area contributed by atoms with Gasteiger partial charge in [-0.15, -0.1) is 0 Å². The summed E-state index contributed by atoms with van der Waals surface area (Å²) in [7, 11) is 1.65. The summed E-state index contributed by atoms with van der Waals surface area (Å²) in [5, 5.41) is 3.97. The number of nitrogens with one attached hydrogen (secondary N) is 1. The van der Waals surface area contributed by atoms with Gasteiger partial charge in [0.25, 0.3) is 0 Å². The molecule has 0 unspecified atom stereocenters. The predicted octanol–water partition coefficient (Wildman–Crippen LogP) is 5.25. The van der Waals surface area contributed by atoms with Crippen LogP contribution in [0.4, 0.5) is 5.69 Å². The normalized spacial score (nSPS) is 10.3. The Labute approximate surface area is 173 Å². The molecule has 1 N–H and O–H groups in total. The quantitative estimate of drug-likeness (QED) is 0.528. The molecule has 0 radical (unpaired) electrons. The lowest BCUT2D eigenvalue weighted by Crippen LogP contribution is -2.33. The van der Waals surface area contributed by atoms with Gasteiger partial charge < -0.3 is 15.0 Å². The van der Waals surface area contributed by atoms with Gasteiger partial charge in [0, 0.05) is 35.6 Å². The third-order valence-corrected chi connectivity index (χ3v) is 4.84. The fourth-order valence-corrected chi connectivity index (χ4v) is 3.34. The maximum atomic E-state index is 5.70. The molecule has 4 nitrogen and oxygen atoms in total. The number of hydrogen-bond acceptors (Lipinski definition) is 3. The molecule has 0 fully saturated rings. The Balaban J connectivity index is 1.77. The largest absolute Gasteiger partial charge is 0.497 e. The van der Waals surface area contributed by atoms with Gasteiger partial charge in [0.15, 0.2) is 5.11 Å². The molecule has 1 heterocycles. The van der Waals surface area contributed by atoms with Gasteiger partial charge in [-0.2, -0.15) is 0 Å². The van der Waals surface area contributed by atoms with Gasteiger partial charge in [-0.3, -0.25) is 4.98 Å². The highest BCUT2D eigenvalue weighted by Gasteiger charge is 2.12. The zero-order valence-corrected chi connectivity index (χ0v) is 17.3. The van der Waals surface area contributed by atoms with Crippen molar-refractivity contribution in [1.29, 1.82) is 0 Å². The minimum absolute atomic E-state index is 0.656. The van der Waals surface area contributed by atoms with Gasteiger partial charge in [0.1, 0.15) is 5.75 Å². The maximum Gasteiger partial charge on any atom is 0.174 e. The smallest absolute Gasteiger partial charge is 0.174 e. The van der Waals surface area contributed by atoms with Crippen LogP contribution in [0.25, 0.3) is 0 Å². The standard InChI is InChI=1S/C21H20BrN3OS/c1-26-20-9-7-19(8-10-20)24-21(27)25(15-17-5-3-11-23-13-17)14-16-4-2-6-18(22)12-16/h2-13H,14-15H2,1H3,(H,24,27). The minimum atomic E-state index is 0.656. The van der Waals surface area contributed by atoms with Crippen LogP contribution in [0.1, 0.15) is 11.1 Å². The Morgan fingerprint density at radius 3 is 2.48 bits per heavy atom. The Kier molecular flexibility index (Phi) is 6.79. The van der Waals surface area contributed by atoms with Crippen LogP contribution in [-0.2, 0) is 13.1 Å². The van der Waals surface area contributed by atoms with Crippen LogP contribution in [0.2, 0.25) is 0 Å². The molecule has 0 bridgehead atoms. The van der Waals surface area contributed by atoms with Crippen molar-refractivity contribution in [3.05, 3.63) is 88.7 Å². The van der Waals surface area contributed by atoms with E-state index in [0.717, 1.165) is 21.5 Å². The first-order valence-corrected chi connectivity index (χ1v) is 9.67. The number of ether oxygens (including phenoxy) is 1. The number of thiocarbonyl (C=S) groups is 1. The van der Waals surface area contributed by atoms with Crippen molar-refractivity contribution >= 4 is 38.9 Å². The monoisotopic (exact) mass is 441 g/mol. The number of nitrogens with zero attached hydrogens (tertiary/aromatic N) is 2. The average Bonchev–Trinajstić information content (AvgIpc) is 2.69. The van der Waals surface area contributed by atoms with E-state index in [2.05, 4.69) is 49.3 Å². The van der Waals surface area contributed by atoms with Crippen molar-refractivity contribution in [2.75, 3.05) is 12.4 Å². The first kappa shape index (κ1) is 19.3. The van der Waals surface area contributed by atoms with E-state index in [1.807, 2.05) is 48.7 Å². The molecule has 2 aromatic carbocycles. The molecular weight excluding hydrogens is 422 g/mol. The van der Waals surface area contributed by atoms with Crippen molar-refractivity contribution < 1.29 is 4.74 Å². The molecule has 3 aromatic rings. The van der Waals surface area contributed by atoms with E-state index >= 15 is 0 Å². The second-order valence-electron chi connectivity index (χ2n) is 6.01. The lowest BCUT2D eigenvalue weighted by atomic mass is 10.2. The zero-order chi connectivity index (χ0) is 19.1. The molecule has 0 spiro atoms. The van der Waals surface area contributed by atoms with Crippen LogP contribution in [0, 0.1) is 0 Å². The van der Waals surface area contributed by atoms with Crippen LogP contribution < -0.4 is 10.1 Å². The number of methoxy groups -OCH3 is 1. The highest BCUT2D eigenvalue weighted by Crippen LogP contribution is 2.18. The molecule has 3 rings (SSSR count). The van der Waals surface area contributed by atoms with Crippen LogP contribution in [0.5, 0.6) is 5.75 Å². The number of rotatable bonds is 6. The number of halogens is 1. The molecule has 138 valence electrons. The summed E-state index contributed by atoms with van der Waals surface area (Å²) in [4.78, 5) is 6.33. The van der Waals surface area contributed by atoms with Gasteiger partial charge >= 0.3 is 0 Å². The van der Waals surface area contributed by atoms with Crippen molar-refractivity contribution in [3.8, 4) is 5.75 Å². The third-order valence-electron chi connectivity index (χ3n) is 3.99. The van der Waals surface area contributed by atoms with Crippen LogP contribution in [-0.4, -0.2) is 22.1 Å². The Morgan fingerprint density at radius 1 is 1.07 bits per heavy atom. The number of benzene rings is 2. The highest BCUT2D eigenvalue weighted by atomic mass is 79.9. The van der Waals surface area contributed by atoms with Crippen LogP contribution in [0.15, 0.2) is 77.5 Å². The molecule has 0 saturated carbocycles. The summed E-state index contributed by atoms with van der Waals surface area (Å²) in [5.41, 5.74) is 3.20. The van der Waals surface area contributed by atoms with Gasteiger partial charge in [0.05, 0.1) is 7.11 Å². The van der Waals surface area contributed by atoms with Crippen LogP contribution >= 0.6 is 28.1 Å². The summed E-state index contributed by atoms with van der Waals surface area (Å²) < 4.78 is 6.26. The van der Waals surface area contributed by atoms with E-state index in [1.165, 1.54) is 5.56 Å². The molecule has 0 aliphatic carbocycles. The number of anilines is 1. The third kappa shape index (κ3) is 5.77. The summed E-state index contributed by atoms with van der Waals surface area (Å²) in [5.74, 6) is 0.813. The number of pyridine rings is 1. The van der Waals surface area contributed by atoms with E-state index in [1.54, 1.807) is 13.3 Å². The van der Waals surface area contributed by atoms with E-state index in [0.29, 0.717) is 18.2 Å².